The summed E-state index contributed by atoms with van der Waals surface area (Å²) in [6.45, 7) is 8.75. The molecule has 2 heterocycles. The normalized spacial score (nSPS) is 19.7. The molecule has 2 rings (SSSR count). The number of hydrogen-bond acceptors (Lipinski definition) is 4. The van der Waals surface area contributed by atoms with Crippen LogP contribution in [0.25, 0.3) is 0 Å². The van der Waals surface area contributed by atoms with Crippen molar-refractivity contribution in [2.45, 2.75) is 32.7 Å². The molecule has 0 bridgehead atoms. The van der Waals surface area contributed by atoms with Crippen molar-refractivity contribution in [3.8, 4) is 0 Å². The van der Waals surface area contributed by atoms with Gasteiger partial charge in [-0.3, -0.25) is 4.90 Å². The smallest absolute Gasteiger partial charge is 0.0481 e. The van der Waals surface area contributed by atoms with Gasteiger partial charge in [-0.15, -0.1) is 11.3 Å². The predicted molar refractivity (Wildman–Crippen MR) is 88.4 cm³/mol. The number of piperidine rings is 1. The highest BCUT2D eigenvalue weighted by Gasteiger charge is 2.27. The first kappa shape index (κ1) is 16.0. The van der Waals surface area contributed by atoms with Gasteiger partial charge in [0.05, 0.1) is 0 Å². The van der Waals surface area contributed by atoms with Crippen LogP contribution < -0.4 is 5.73 Å². The fraction of sp³-hybridized carbons (Fsp3) is 0.750. The van der Waals surface area contributed by atoms with E-state index in [1.54, 1.807) is 0 Å². The molecule has 1 aliphatic heterocycles. The summed E-state index contributed by atoms with van der Waals surface area (Å²) in [5, 5.41) is 0. The molecule has 0 aliphatic carbocycles. The van der Waals surface area contributed by atoms with Gasteiger partial charge in [0.15, 0.2) is 0 Å². The lowest BCUT2D eigenvalue weighted by atomic mass is 9.94. The van der Waals surface area contributed by atoms with Crippen molar-refractivity contribution < 1.29 is 0 Å². The summed E-state index contributed by atoms with van der Waals surface area (Å²) >= 11 is 1.90. The van der Waals surface area contributed by atoms with Crippen molar-refractivity contribution >= 4 is 11.3 Å². The predicted octanol–water partition coefficient (Wildman–Crippen LogP) is 2.64. The Bertz CT molecular complexity index is 419. The van der Waals surface area contributed by atoms with Crippen molar-refractivity contribution in [1.29, 1.82) is 0 Å². The molecule has 0 spiro atoms. The quantitative estimate of drug-likeness (QED) is 0.906. The van der Waals surface area contributed by atoms with E-state index in [2.05, 4.69) is 43.8 Å². The number of aryl methyl sites for hydroxylation is 2. The zero-order chi connectivity index (χ0) is 14.7. The molecule has 114 valence electrons. The number of nitrogens with zero attached hydrogens (tertiary/aromatic N) is 2. The molecule has 20 heavy (non-hydrogen) atoms. The second-order valence-electron chi connectivity index (χ2n) is 6.36. The van der Waals surface area contributed by atoms with E-state index in [4.69, 9.17) is 5.73 Å². The second kappa shape index (κ2) is 7.03. The third-order valence-electron chi connectivity index (χ3n) is 4.37. The Morgan fingerprint density at radius 2 is 2.00 bits per heavy atom. The summed E-state index contributed by atoms with van der Waals surface area (Å²) in [5.74, 6) is 0.852. The monoisotopic (exact) mass is 295 g/mol. The molecular weight excluding hydrogens is 266 g/mol. The molecule has 0 saturated carbocycles. The fourth-order valence-electron chi connectivity index (χ4n) is 3.42. The summed E-state index contributed by atoms with van der Waals surface area (Å²) in [5.41, 5.74) is 7.54. The Morgan fingerprint density at radius 1 is 1.35 bits per heavy atom. The van der Waals surface area contributed by atoms with Crippen LogP contribution in [0.3, 0.4) is 0 Å². The largest absolute Gasteiger partial charge is 0.329 e. The third kappa shape index (κ3) is 3.82. The van der Waals surface area contributed by atoms with E-state index >= 15 is 0 Å². The zero-order valence-electron chi connectivity index (χ0n) is 13.4. The minimum Gasteiger partial charge on any atom is -0.329 e. The van der Waals surface area contributed by atoms with E-state index in [9.17, 15) is 0 Å². The van der Waals surface area contributed by atoms with E-state index in [0.29, 0.717) is 6.04 Å². The van der Waals surface area contributed by atoms with Crippen LogP contribution in [0.2, 0.25) is 0 Å². The van der Waals surface area contributed by atoms with Crippen LogP contribution in [-0.2, 0) is 0 Å². The first-order valence-corrected chi connectivity index (χ1v) is 8.48. The molecule has 0 radical (unpaired) electrons. The van der Waals surface area contributed by atoms with Crippen molar-refractivity contribution in [2.75, 3.05) is 40.3 Å². The molecular formula is C16H29N3S. The molecule has 1 saturated heterocycles. The Labute approximate surface area is 127 Å². The molecule has 1 fully saturated rings. The Kier molecular flexibility index (Phi) is 5.61. The van der Waals surface area contributed by atoms with Crippen LogP contribution in [0.15, 0.2) is 6.07 Å². The van der Waals surface area contributed by atoms with Crippen molar-refractivity contribution in [3.05, 3.63) is 21.4 Å². The van der Waals surface area contributed by atoms with Crippen LogP contribution in [0.4, 0.5) is 0 Å². The summed E-state index contributed by atoms with van der Waals surface area (Å²) in [6.07, 6.45) is 2.60. The third-order valence-corrected chi connectivity index (χ3v) is 5.36. The van der Waals surface area contributed by atoms with Gasteiger partial charge in [0, 0.05) is 28.9 Å². The van der Waals surface area contributed by atoms with E-state index < -0.39 is 0 Å². The van der Waals surface area contributed by atoms with E-state index in [1.165, 1.54) is 47.8 Å². The topological polar surface area (TPSA) is 32.5 Å². The van der Waals surface area contributed by atoms with Gasteiger partial charge in [-0.25, -0.2) is 0 Å². The molecule has 1 aromatic heterocycles. The van der Waals surface area contributed by atoms with Gasteiger partial charge in [0.25, 0.3) is 0 Å². The number of nitrogens with two attached hydrogens (primary N) is 1. The molecule has 1 atom stereocenters. The first-order chi connectivity index (χ1) is 9.51. The van der Waals surface area contributed by atoms with Gasteiger partial charge < -0.3 is 10.6 Å². The van der Waals surface area contributed by atoms with E-state index in [1.807, 2.05) is 11.3 Å². The molecule has 0 amide bonds. The summed E-state index contributed by atoms with van der Waals surface area (Å²) in [7, 11) is 4.35. The maximum atomic E-state index is 6.08. The van der Waals surface area contributed by atoms with Crippen molar-refractivity contribution in [1.82, 2.24) is 9.80 Å². The van der Waals surface area contributed by atoms with Gasteiger partial charge in [0.1, 0.15) is 0 Å². The molecule has 0 aromatic carbocycles. The average Bonchev–Trinajstić information content (AvgIpc) is 2.71. The van der Waals surface area contributed by atoms with Gasteiger partial charge >= 0.3 is 0 Å². The number of rotatable bonds is 5. The lowest BCUT2D eigenvalue weighted by molar-refractivity contribution is 0.122. The highest BCUT2D eigenvalue weighted by atomic mass is 32.1. The highest BCUT2D eigenvalue weighted by Crippen LogP contribution is 2.32. The second-order valence-corrected chi connectivity index (χ2v) is 7.82. The highest BCUT2D eigenvalue weighted by molar-refractivity contribution is 7.12. The zero-order valence-corrected chi connectivity index (χ0v) is 14.2. The van der Waals surface area contributed by atoms with Gasteiger partial charge in [-0.2, -0.15) is 0 Å². The number of hydrogen-bond donors (Lipinski definition) is 1. The molecule has 2 N–H and O–H groups in total. The van der Waals surface area contributed by atoms with Crippen LogP contribution in [0.1, 0.15) is 34.2 Å². The minimum atomic E-state index is 0.417. The first-order valence-electron chi connectivity index (χ1n) is 7.67. The Hall–Kier alpha value is -0.420. The van der Waals surface area contributed by atoms with Crippen molar-refractivity contribution in [2.24, 2.45) is 11.7 Å². The number of likely N-dealkylation sites (tertiary alicyclic amines) is 1. The lowest BCUT2D eigenvalue weighted by Gasteiger charge is -2.38. The standard InChI is InChI=1S/C16H29N3S/c1-12-9-15(13(2)20-12)16(10-17)19-7-5-14(6-8-19)11-18(3)4/h9,14,16H,5-8,10-11,17H2,1-4H3. The van der Waals surface area contributed by atoms with Gasteiger partial charge in [-0.1, -0.05) is 0 Å². The molecule has 4 heteroatoms. The molecule has 1 aliphatic rings. The van der Waals surface area contributed by atoms with Gasteiger partial charge in [0.2, 0.25) is 0 Å². The average molecular weight is 295 g/mol. The van der Waals surface area contributed by atoms with Crippen LogP contribution in [-0.4, -0.2) is 50.1 Å². The summed E-state index contributed by atoms with van der Waals surface area (Å²) < 4.78 is 0. The van der Waals surface area contributed by atoms with Gasteiger partial charge in [-0.05, 0) is 71.4 Å². The van der Waals surface area contributed by atoms with Crippen molar-refractivity contribution in [3.63, 3.8) is 0 Å². The Balaban J connectivity index is 1.99. The molecule has 3 nitrogen and oxygen atoms in total. The van der Waals surface area contributed by atoms with E-state index in [-0.39, 0.29) is 0 Å². The number of thiophene rings is 1. The molecule has 1 unspecified atom stereocenters. The maximum Gasteiger partial charge on any atom is 0.0481 e. The lowest BCUT2D eigenvalue weighted by Crippen LogP contribution is -2.41. The molecule has 1 aromatic rings. The maximum absolute atomic E-state index is 6.08. The summed E-state index contributed by atoms with van der Waals surface area (Å²) in [6, 6.07) is 2.75. The van der Waals surface area contributed by atoms with Crippen LogP contribution in [0.5, 0.6) is 0 Å². The fourth-order valence-corrected chi connectivity index (χ4v) is 4.40. The van der Waals surface area contributed by atoms with E-state index in [0.717, 1.165) is 12.5 Å². The SMILES string of the molecule is Cc1cc(C(CN)N2CCC(CN(C)C)CC2)c(C)s1. The summed E-state index contributed by atoms with van der Waals surface area (Å²) in [4.78, 5) is 7.75. The minimum absolute atomic E-state index is 0.417. The Morgan fingerprint density at radius 3 is 2.45 bits per heavy atom. The van der Waals surface area contributed by atoms with Crippen LogP contribution >= 0.6 is 11.3 Å². The van der Waals surface area contributed by atoms with Crippen LogP contribution in [0, 0.1) is 19.8 Å².